The number of amides is 1. The number of hydrogen-bond acceptors (Lipinski definition) is 4. The van der Waals surface area contributed by atoms with Crippen LogP contribution in [0.5, 0.6) is 0 Å². The summed E-state index contributed by atoms with van der Waals surface area (Å²) in [5, 5.41) is 9.66. The van der Waals surface area contributed by atoms with Crippen molar-refractivity contribution in [2.24, 2.45) is 28.3 Å². The highest BCUT2D eigenvalue weighted by molar-refractivity contribution is 7.08. The van der Waals surface area contributed by atoms with E-state index in [1.807, 2.05) is 23.8 Å². The zero-order valence-corrected chi connectivity index (χ0v) is 15.1. The molecule has 24 heavy (non-hydrogen) atoms. The average Bonchev–Trinajstić information content (AvgIpc) is 3.21. The first kappa shape index (κ1) is 16.0. The third-order valence-electron chi connectivity index (χ3n) is 6.63. The van der Waals surface area contributed by atoms with Gasteiger partial charge in [0.15, 0.2) is 5.78 Å². The fourth-order valence-corrected chi connectivity index (χ4v) is 5.68. The predicted molar refractivity (Wildman–Crippen MR) is 95.1 cm³/mol. The molecule has 2 heterocycles. The highest BCUT2D eigenvalue weighted by Crippen LogP contribution is 2.54. The van der Waals surface area contributed by atoms with E-state index in [1.54, 1.807) is 0 Å². The van der Waals surface area contributed by atoms with Crippen LogP contribution in [0, 0.1) is 23.2 Å². The third kappa shape index (κ3) is 2.36. The number of carbonyl (C=O) groups is 2. The van der Waals surface area contributed by atoms with Crippen molar-refractivity contribution in [3.05, 3.63) is 22.4 Å². The first-order chi connectivity index (χ1) is 11.5. The number of carbonyl (C=O) groups excluding carboxylic acids is 2. The molecule has 0 aromatic carbocycles. The molecule has 3 saturated carbocycles. The molecule has 1 aliphatic heterocycles. The van der Waals surface area contributed by atoms with E-state index >= 15 is 0 Å². The van der Waals surface area contributed by atoms with Crippen molar-refractivity contribution < 1.29 is 9.59 Å². The summed E-state index contributed by atoms with van der Waals surface area (Å²) in [7, 11) is 0. The molecule has 2 atom stereocenters. The lowest BCUT2D eigenvalue weighted by Crippen LogP contribution is -2.49. The first-order valence-electron chi connectivity index (χ1n) is 8.93. The van der Waals surface area contributed by atoms with E-state index < -0.39 is 5.41 Å². The molecular weight excluding hydrogens is 320 g/mol. The van der Waals surface area contributed by atoms with Crippen LogP contribution in [-0.2, 0) is 4.79 Å². The van der Waals surface area contributed by atoms with E-state index in [2.05, 4.69) is 12.0 Å². The monoisotopic (exact) mass is 344 g/mol. The quantitative estimate of drug-likeness (QED) is 0.776. The number of Topliss-reactive ketones (excluding diaryl/α,β-unsaturated/α-hetero) is 1. The summed E-state index contributed by atoms with van der Waals surface area (Å²) in [5.74, 6) is 1.81. The molecule has 128 valence electrons. The molecule has 3 aliphatic carbocycles. The number of rotatable bonds is 4. The second-order valence-corrected chi connectivity index (χ2v) is 8.59. The van der Waals surface area contributed by atoms with Crippen LogP contribution in [0.1, 0.15) is 56.3 Å². The molecule has 0 N–H and O–H groups in total. The van der Waals surface area contributed by atoms with Gasteiger partial charge in [-0.25, -0.2) is 5.01 Å². The van der Waals surface area contributed by atoms with E-state index in [9.17, 15) is 9.59 Å². The van der Waals surface area contributed by atoms with Gasteiger partial charge in [-0.1, -0.05) is 12.8 Å². The maximum Gasteiger partial charge on any atom is 0.255 e. The predicted octanol–water partition coefficient (Wildman–Crippen LogP) is 3.98. The van der Waals surface area contributed by atoms with Gasteiger partial charge in [0.25, 0.3) is 5.91 Å². The van der Waals surface area contributed by atoms with E-state index in [4.69, 9.17) is 0 Å². The fourth-order valence-electron chi connectivity index (χ4n) is 5.02. The highest BCUT2D eigenvalue weighted by Gasteiger charge is 2.55. The lowest BCUT2D eigenvalue weighted by atomic mass is 9.55. The standard InChI is InChI=1S/C19H24N2O2S/c1-12-19(2,16-9-13-3-5-14(16)6-4-13)18(23)21(20-12)10-17(22)15-7-8-24-11-15/h7-8,11,13-14,16H,3-6,9-10H2,1-2H3/t13?,14?,16-,19?/m0/s1. The second-order valence-electron chi connectivity index (χ2n) is 7.81. The van der Waals surface area contributed by atoms with Crippen molar-refractivity contribution in [1.29, 1.82) is 0 Å². The van der Waals surface area contributed by atoms with Gasteiger partial charge in [-0.05, 0) is 62.3 Å². The molecule has 0 saturated heterocycles. The zero-order valence-electron chi connectivity index (χ0n) is 14.3. The number of fused-ring (bicyclic) bond motifs is 3. The Morgan fingerprint density at radius 1 is 1.38 bits per heavy atom. The van der Waals surface area contributed by atoms with Crippen LogP contribution < -0.4 is 0 Å². The minimum Gasteiger partial charge on any atom is -0.292 e. The first-order valence-corrected chi connectivity index (χ1v) is 9.87. The highest BCUT2D eigenvalue weighted by atomic mass is 32.1. The van der Waals surface area contributed by atoms with Crippen molar-refractivity contribution in [2.75, 3.05) is 6.54 Å². The second kappa shape index (κ2) is 5.80. The molecule has 1 unspecified atom stereocenters. The molecule has 5 heteroatoms. The van der Waals surface area contributed by atoms with Crippen molar-refractivity contribution >= 4 is 28.7 Å². The Morgan fingerprint density at radius 2 is 2.12 bits per heavy atom. The van der Waals surface area contributed by atoms with E-state index in [-0.39, 0.29) is 18.2 Å². The van der Waals surface area contributed by atoms with E-state index in [1.165, 1.54) is 42.0 Å². The van der Waals surface area contributed by atoms with Crippen molar-refractivity contribution in [3.8, 4) is 0 Å². The molecule has 3 fully saturated rings. The Kier molecular flexibility index (Phi) is 3.87. The van der Waals surface area contributed by atoms with Gasteiger partial charge in [0.05, 0.1) is 11.1 Å². The maximum absolute atomic E-state index is 13.2. The number of nitrogens with zero attached hydrogens (tertiary/aromatic N) is 2. The molecule has 1 aromatic heterocycles. The molecular formula is C19H24N2O2S. The Labute approximate surface area is 146 Å². The van der Waals surface area contributed by atoms with Crippen LogP contribution >= 0.6 is 11.3 Å². The van der Waals surface area contributed by atoms with Crippen LogP contribution in [0.25, 0.3) is 0 Å². The summed E-state index contributed by atoms with van der Waals surface area (Å²) in [4.78, 5) is 25.6. The minimum atomic E-state index is -0.515. The summed E-state index contributed by atoms with van der Waals surface area (Å²) in [6, 6.07) is 1.81. The van der Waals surface area contributed by atoms with Crippen LogP contribution in [0.4, 0.5) is 0 Å². The number of hydrogen-bond donors (Lipinski definition) is 0. The Balaban J connectivity index is 1.55. The Hall–Kier alpha value is -1.49. The summed E-state index contributed by atoms with van der Waals surface area (Å²) in [5.41, 5.74) is 1.05. The SMILES string of the molecule is CC1=NN(CC(=O)c2ccsc2)C(=O)C1(C)[C@H]1CC2CCC1CC2. The lowest BCUT2D eigenvalue weighted by Gasteiger charge is -2.48. The molecule has 4 nitrogen and oxygen atoms in total. The Bertz CT molecular complexity index is 688. The van der Waals surface area contributed by atoms with Gasteiger partial charge < -0.3 is 0 Å². The average molecular weight is 344 g/mol. The normalized spacial score (nSPS) is 35.4. The number of ketones is 1. The number of hydrazone groups is 1. The summed E-state index contributed by atoms with van der Waals surface area (Å²) >= 11 is 1.50. The lowest BCUT2D eigenvalue weighted by molar-refractivity contribution is -0.140. The van der Waals surface area contributed by atoms with Gasteiger partial charge in [-0.15, -0.1) is 0 Å². The Morgan fingerprint density at radius 3 is 2.71 bits per heavy atom. The van der Waals surface area contributed by atoms with Crippen LogP contribution in [0.15, 0.2) is 21.9 Å². The van der Waals surface area contributed by atoms with Gasteiger partial charge in [-0.2, -0.15) is 16.4 Å². The summed E-state index contributed by atoms with van der Waals surface area (Å²) in [6.07, 6.45) is 6.29. The van der Waals surface area contributed by atoms with Gasteiger partial charge in [-0.3, -0.25) is 9.59 Å². The molecule has 1 amide bonds. The summed E-state index contributed by atoms with van der Waals surface area (Å²) in [6.45, 7) is 4.09. The van der Waals surface area contributed by atoms with E-state index in [0.717, 1.165) is 18.1 Å². The van der Waals surface area contributed by atoms with Crippen molar-refractivity contribution in [1.82, 2.24) is 5.01 Å². The maximum atomic E-state index is 13.2. The van der Waals surface area contributed by atoms with Crippen molar-refractivity contribution in [3.63, 3.8) is 0 Å². The molecule has 4 aliphatic rings. The van der Waals surface area contributed by atoms with Crippen LogP contribution in [-0.4, -0.2) is 29.0 Å². The minimum absolute atomic E-state index is 0.0288. The van der Waals surface area contributed by atoms with Crippen molar-refractivity contribution in [2.45, 2.75) is 46.0 Å². The summed E-state index contributed by atoms with van der Waals surface area (Å²) < 4.78 is 0. The number of thiophene rings is 1. The molecule has 2 bridgehead atoms. The smallest absolute Gasteiger partial charge is 0.255 e. The van der Waals surface area contributed by atoms with Crippen LogP contribution in [0.2, 0.25) is 0 Å². The topological polar surface area (TPSA) is 49.7 Å². The zero-order chi connectivity index (χ0) is 16.9. The van der Waals surface area contributed by atoms with Crippen LogP contribution in [0.3, 0.4) is 0 Å². The van der Waals surface area contributed by atoms with Gasteiger partial charge in [0.2, 0.25) is 0 Å². The largest absolute Gasteiger partial charge is 0.292 e. The van der Waals surface area contributed by atoms with E-state index in [0.29, 0.717) is 17.4 Å². The molecule has 1 aromatic rings. The van der Waals surface area contributed by atoms with Gasteiger partial charge >= 0.3 is 0 Å². The third-order valence-corrected chi connectivity index (χ3v) is 7.31. The molecule has 5 rings (SSSR count). The van der Waals surface area contributed by atoms with Gasteiger partial charge in [0.1, 0.15) is 6.54 Å². The fraction of sp³-hybridized carbons (Fsp3) is 0.632. The molecule has 0 radical (unpaired) electrons. The molecule has 0 spiro atoms. The van der Waals surface area contributed by atoms with Gasteiger partial charge in [0, 0.05) is 10.9 Å².